The van der Waals surface area contributed by atoms with Gasteiger partial charge in [-0.1, -0.05) is 13.0 Å². The molecule has 0 unspecified atom stereocenters. The molecule has 0 aliphatic rings. The van der Waals surface area contributed by atoms with Gasteiger partial charge in [-0.3, -0.25) is 4.79 Å². The molecule has 1 aromatic rings. The first-order valence-corrected chi connectivity index (χ1v) is 4.27. The molecule has 0 radical (unpaired) electrons. The van der Waals surface area contributed by atoms with Crippen LogP contribution in [0.3, 0.4) is 0 Å². The second-order valence-corrected chi connectivity index (χ2v) is 2.74. The van der Waals surface area contributed by atoms with E-state index < -0.39 is 11.8 Å². The topological polar surface area (TPSA) is 46.5 Å². The van der Waals surface area contributed by atoms with E-state index in [-0.39, 0.29) is 24.3 Å². The lowest BCUT2D eigenvalue weighted by molar-refractivity contribution is -0.134. The molecule has 0 bridgehead atoms. The number of halogens is 1. The average molecular weight is 198 g/mol. The van der Waals surface area contributed by atoms with Crippen molar-refractivity contribution in [2.75, 3.05) is 0 Å². The normalized spacial score (nSPS) is 9.93. The summed E-state index contributed by atoms with van der Waals surface area (Å²) in [5, 5.41) is 8.69. The number of carbonyl (C=O) groups excluding carboxylic acids is 1. The smallest absolute Gasteiger partial charge is 0.310 e. The molecule has 1 N–H and O–H groups in total. The monoisotopic (exact) mass is 198 g/mol. The molecule has 0 aromatic heterocycles. The number of aliphatic hydroxyl groups is 1. The lowest BCUT2D eigenvalue weighted by Crippen LogP contribution is -2.06. The zero-order valence-electron chi connectivity index (χ0n) is 7.79. The van der Waals surface area contributed by atoms with Crippen LogP contribution in [0.5, 0.6) is 5.75 Å². The Hall–Kier alpha value is -1.42. The summed E-state index contributed by atoms with van der Waals surface area (Å²) in [5.41, 5.74) is 0.182. The maximum absolute atomic E-state index is 13.1. The molecular formula is C10H11FO3. The van der Waals surface area contributed by atoms with Crippen LogP contribution in [0.1, 0.15) is 18.9 Å². The van der Waals surface area contributed by atoms with Crippen LogP contribution in [-0.4, -0.2) is 11.1 Å². The van der Waals surface area contributed by atoms with E-state index in [4.69, 9.17) is 9.84 Å². The van der Waals surface area contributed by atoms with Crippen molar-refractivity contribution >= 4 is 5.97 Å². The highest BCUT2D eigenvalue weighted by Gasteiger charge is 2.05. The summed E-state index contributed by atoms with van der Waals surface area (Å²) >= 11 is 0. The van der Waals surface area contributed by atoms with E-state index in [9.17, 15) is 9.18 Å². The molecule has 0 atom stereocenters. The van der Waals surface area contributed by atoms with Crippen LogP contribution in [-0.2, 0) is 11.4 Å². The van der Waals surface area contributed by atoms with Gasteiger partial charge in [-0.2, -0.15) is 0 Å². The average Bonchev–Trinajstić information content (AvgIpc) is 2.18. The molecule has 0 saturated heterocycles. The lowest BCUT2D eigenvalue weighted by atomic mass is 10.2. The number of hydrogen-bond donors (Lipinski definition) is 1. The summed E-state index contributed by atoms with van der Waals surface area (Å²) in [4.78, 5) is 10.9. The van der Waals surface area contributed by atoms with Crippen molar-refractivity contribution < 1.29 is 19.0 Å². The lowest BCUT2D eigenvalue weighted by Gasteiger charge is -2.04. The molecule has 1 aromatic carbocycles. The minimum absolute atomic E-state index is 0.159. The van der Waals surface area contributed by atoms with Gasteiger partial charge in [-0.25, -0.2) is 4.39 Å². The van der Waals surface area contributed by atoms with Crippen LogP contribution in [0, 0.1) is 5.82 Å². The summed E-state index contributed by atoms with van der Waals surface area (Å²) in [6, 6.07) is 3.91. The molecular weight excluding hydrogens is 187 g/mol. The van der Waals surface area contributed by atoms with E-state index >= 15 is 0 Å². The highest BCUT2D eigenvalue weighted by Crippen LogP contribution is 2.16. The van der Waals surface area contributed by atoms with Crippen LogP contribution < -0.4 is 4.74 Å². The summed E-state index contributed by atoms with van der Waals surface area (Å²) in [6.45, 7) is 1.29. The van der Waals surface area contributed by atoms with E-state index in [0.29, 0.717) is 0 Å². The van der Waals surface area contributed by atoms with Crippen molar-refractivity contribution in [2.24, 2.45) is 0 Å². The predicted molar refractivity (Wildman–Crippen MR) is 48.2 cm³/mol. The highest BCUT2D eigenvalue weighted by atomic mass is 19.1. The Morgan fingerprint density at radius 3 is 2.79 bits per heavy atom. The van der Waals surface area contributed by atoms with Gasteiger partial charge in [0.2, 0.25) is 0 Å². The first-order valence-electron chi connectivity index (χ1n) is 4.27. The summed E-state index contributed by atoms with van der Waals surface area (Å²) < 4.78 is 17.8. The maximum Gasteiger partial charge on any atom is 0.310 e. The molecule has 0 aliphatic carbocycles. The van der Waals surface area contributed by atoms with Crippen molar-refractivity contribution in [3.63, 3.8) is 0 Å². The van der Waals surface area contributed by atoms with Gasteiger partial charge < -0.3 is 9.84 Å². The fourth-order valence-electron chi connectivity index (χ4n) is 0.923. The molecule has 3 nitrogen and oxygen atoms in total. The number of rotatable bonds is 3. The molecule has 4 heteroatoms. The van der Waals surface area contributed by atoms with Gasteiger partial charge in [-0.15, -0.1) is 0 Å². The standard InChI is InChI=1S/C10H11FO3/c1-2-10(13)14-8-4-3-7(6-12)9(11)5-8/h3-5,12H,2,6H2,1H3. The fraction of sp³-hybridized carbons (Fsp3) is 0.300. The predicted octanol–water partition coefficient (Wildman–Crippen LogP) is 1.63. The summed E-state index contributed by atoms with van der Waals surface area (Å²) in [5.74, 6) is -0.832. The number of esters is 1. The van der Waals surface area contributed by atoms with E-state index in [1.807, 2.05) is 0 Å². The minimum atomic E-state index is -0.575. The number of hydrogen-bond acceptors (Lipinski definition) is 3. The van der Waals surface area contributed by atoms with Gasteiger partial charge in [0, 0.05) is 18.1 Å². The third kappa shape index (κ3) is 2.53. The zero-order valence-corrected chi connectivity index (χ0v) is 7.79. The first kappa shape index (κ1) is 10.7. The number of carbonyl (C=O) groups is 1. The van der Waals surface area contributed by atoms with E-state index in [1.54, 1.807) is 6.92 Å². The van der Waals surface area contributed by atoms with E-state index in [2.05, 4.69) is 0 Å². The Balaban J connectivity index is 2.81. The van der Waals surface area contributed by atoms with Gasteiger partial charge in [-0.05, 0) is 6.07 Å². The van der Waals surface area contributed by atoms with Crippen LogP contribution in [0.15, 0.2) is 18.2 Å². The van der Waals surface area contributed by atoms with Crippen molar-refractivity contribution in [3.05, 3.63) is 29.6 Å². The van der Waals surface area contributed by atoms with Gasteiger partial charge in [0.1, 0.15) is 11.6 Å². The SMILES string of the molecule is CCC(=O)Oc1ccc(CO)c(F)c1. The second kappa shape index (κ2) is 4.72. The van der Waals surface area contributed by atoms with Crippen LogP contribution in [0.25, 0.3) is 0 Å². The molecule has 1 rings (SSSR count). The van der Waals surface area contributed by atoms with Crippen molar-refractivity contribution in [2.45, 2.75) is 20.0 Å². The summed E-state index contributed by atoms with van der Waals surface area (Å²) in [6.07, 6.45) is 0.239. The summed E-state index contributed by atoms with van der Waals surface area (Å²) in [7, 11) is 0. The number of benzene rings is 1. The maximum atomic E-state index is 13.1. The number of ether oxygens (including phenoxy) is 1. The Labute approximate surface area is 81.1 Å². The zero-order chi connectivity index (χ0) is 10.6. The Morgan fingerprint density at radius 2 is 2.29 bits per heavy atom. The third-order valence-corrected chi connectivity index (χ3v) is 1.72. The quantitative estimate of drug-likeness (QED) is 0.593. The molecule has 0 amide bonds. The highest BCUT2D eigenvalue weighted by molar-refractivity contribution is 5.71. The molecule has 76 valence electrons. The third-order valence-electron chi connectivity index (χ3n) is 1.72. The second-order valence-electron chi connectivity index (χ2n) is 2.74. The van der Waals surface area contributed by atoms with E-state index in [0.717, 1.165) is 6.07 Å². The van der Waals surface area contributed by atoms with Gasteiger partial charge in [0.25, 0.3) is 0 Å². The minimum Gasteiger partial charge on any atom is -0.426 e. The molecule has 0 heterocycles. The molecule has 0 aliphatic heterocycles. The molecule has 0 spiro atoms. The van der Waals surface area contributed by atoms with E-state index in [1.165, 1.54) is 12.1 Å². The van der Waals surface area contributed by atoms with Crippen LogP contribution >= 0.6 is 0 Å². The molecule has 0 saturated carbocycles. The van der Waals surface area contributed by atoms with Gasteiger partial charge in [0.05, 0.1) is 6.61 Å². The molecule has 14 heavy (non-hydrogen) atoms. The van der Waals surface area contributed by atoms with Crippen molar-refractivity contribution in [1.82, 2.24) is 0 Å². The fourth-order valence-corrected chi connectivity index (χ4v) is 0.923. The molecule has 0 fully saturated rings. The Morgan fingerprint density at radius 1 is 1.57 bits per heavy atom. The Bertz CT molecular complexity index is 336. The van der Waals surface area contributed by atoms with Gasteiger partial charge >= 0.3 is 5.97 Å². The van der Waals surface area contributed by atoms with Gasteiger partial charge in [0.15, 0.2) is 0 Å². The Kier molecular flexibility index (Phi) is 3.59. The van der Waals surface area contributed by atoms with Crippen LogP contribution in [0.4, 0.5) is 4.39 Å². The first-order chi connectivity index (χ1) is 6.67. The van der Waals surface area contributed by atoms with Crippen molar-refractivity contribution in [1.29, 1.82) is 0 Å². The number of aliphatic hydroxyl groups excluding tert-OH is 1. The largest absolute Gasteiger partial charge is 0.426 e. The van der Waals surface area contributed by atoms with Crippen molar-refractivity contribution in [3.8, 4) is 5.75 Å². The van der Waals surface area contributed by atoms with Crippen LogP contribution in [0.2, 0.25) is 0 Å².